The van der Waals surface area contributed by atoms with Gasteiger partial charge in [0.05, 0.1) is 26.1 Å². The lowest BCUT2D eigenvalue weighted by Gasteiger charge is -2.26. The summed E-state index contributed by atoms with van der Waals surface area (Å²) in [5.41, 5.74) is 0.314. The minimum absolute atomic E-state index is 0.0585. The summed E-state index contributed by atoms with van der Waals surface area (Å²) in [4.78, 5) is 38.0. The number of ether oxygens (including phenoxy) is 3. The first-order valence-corrected chi connectivity index (χ1v) is 11.7. The standard InChI is InChI=1S/C25H30N2O7/c1-4-26(24(29)17-7-8-17)15-18-19-14-25(19,27(30)31)11-10-20(18)34-22-12-16(6-9-21(22)32-3)13-23(28)33-5-2/h6,9-12,17,19H,4-5,7-8,13-15H2,1-3H3. The van der Waals surface area contributed by atoms with Gasteiger partial charge in [-0.15, -0.1) is 0 Å². The first-order chi connectivity index (χ1) is 16.3. The van der Waals surface area contributed by atoms with Crippen molar-refractivity contribution < 1.29 is 28.7 Å². The number of rotatable bonds is 11. The molecule has 0 N–H and O–H groups in total. The summed E-state index contributed by atoms with van der Waals surface area (Å²) in [7, 11) is 1.52. The van der Waals surface area contributed by atoms with Gasteiger partial charge in [0.1, 0.15) is 5.76 Å². The van der Waals surface area contributed by atoms with Gasteiger partial charge in [-0.2, -0.15) is 0 Å². The molecule has 2 atom stereocenters. The number of hydrogen-bond donors (Lipinski definition) is 0. The number of allylic oxidation sites excluding steroid dienone is 1. The molecule has 2 unspecified atom stereocenters. The number of benzene rings is 1. The average Bonchev–Trinajstić information content (AvgIpc) is 3.72. The van der Waals surface area contributed by atoms with Crippen LogP contribution in [0.4, 0.5) is 0 Å². The maximum atomic E-state index is 12.8. The van der Waals surface area contributed by atoms with Gasteiger partial charge in [-0.3, -0.25) is 19.7 Å². The summed E-state index contributed by atoms with van der Waals surface area (Å²) < 4.78 is 16.7. The molecule has 4 rings (SSSR count). The Balaban J connectivity index is 1.64. The Bertz CT molecular complexity index is 1060. The molecule has 0 aliphatic heterocycles. The van der Waals surface area contributed by atoms with Gasteiger partial charge in [0.25, 0.3) is 0 Å². The number of likely N-dealkylation sites (N-methyl/N-ethyl adjacent to an activating group) is 1. The van der Waals surface area contributed by atoms with Gasteiger partial charge >= 0.3 is 5.97 Å². The Kier molecular flexibility index (Phi) is 6.63. The smallest absolute Gasteiger partial charge is 0.310 e. The van der Waals surface area contributed by atoms with Crippen LogP contribution in [0.5, 0.6) is 11.5 Å². The second-order valence-corrected chi connectivity index (χ2v) is 8.92. The fraction of sp³-hybridized carbons (Fsp3) is 0.520. The van der Waals surface area contributed by atoms with Crippen LogP contribution in [0.25, 0.3) is 0 Å². The van der Waals surface area contributed by atoms with E-state index in [1.165, 1.54) is 7.11 Å². The van der Waals surface area contributed by atoms with Gasteiger partial charge < -0.3 is 19.1 Å². The second kappa shape index (κ2) is 9.48. The number of nitro groups is 1. The third-order valence-electron chi connectivity index (χ3n) is 6.66. The van der Waals surface area contributed by atoms with Crippen LogP contribution in [0, 0.1) is 22.0 Å². The number of methoxy groups -OCH3 is 1. The maximum absolute atomic E-state index is 12.8. The summed E-state index contributed by atoms with van der Waals surface area (Å²) in [5, 5.41) is 11.8. The molecule has 1 amide bonds. The predicted molar refractivity (Wildman–Crippen MR) is 123 cm³/mol. The molecule has 34 heavy (non-hydrogen) atoms. The van der Waals surface area contributed by atoms with Crippen molar-refractivity contribution >= 4 is 11.9 Å². The molecule has 1 aromatic rings. The maximum Gasteiger partial charge on any atom is 0.310 e. The highest BCUT2D eigenvalue weighted by Crippen LogP contribution is 2.55. The molecule has 0 saturated heterocycles. The van der Waals surface area contributed by atoms with Gasteiger partial charge in [0, 0.05) is 35.9 Å². The van der Waals surface area contributed by atoms with Crippen molar-refractivity contribution in [2.24, 2.45) is 11.8 Å². The molecule has 9 nitrogen and oxygen atoms in total. The Morgan fingerprint density at radius 2 is 2.00 bits per heavy atom. The van der Waals surface area contributed by atoms with Crippen LogP contribution >= 0.6 is 0 Å². The van der Waals surface area contributed by atoms with Crippen molar-refractivity contribution in [2.45, 2.75) is 45.1 Å². The molecule has 0 radical (unpaired) electrons. The molecule has 0 heterocycles. The van der Waals surface area contributed by atoms with E-state index in [1.807, 2.05) is 6.92 Å². The first kappa shape index (κ1) is 23.8. The van der Waals surface area contributed by atoms with Crippen molar-refractivity contribution in [1.82, 2.24) is 4.90 Å². The molecular weight excluding hydrogens is 440 g/mol. The predicted octanol–water partition coefficient (Wildman–Crippen LogP) is 3.30. The highest BCUT2D eigenvalue weighted by atomic mass is 16.6. The third-order valence-corrected chi connectivity index (χ3v) is 6.66. The van der Waals surface area contributed by atoms with Crippen LogP contribution in [0.3, 0.4) is 0 Å². The second-order valence-electron chi connectivity index (χ2n) is 8.92. The van der Waals surface area contributed by atoms with E-state index in [-0.39, 0.29) is 41.6 Å². The monoisotopic (exact) mass is 470 g/mol. The van der Waals surface area contributed by atoms with Gasteiger partial charge in [-0.05, 0) is 56.5 Å². The molecule has 9 heteroatoms. The lowest BCUT2D eigenvalue weighted by Crippen LogP contribution is -2.36. The van der Waals surface area contributed by atoms with Gasteiger partial charge in [-0.1, -0.05) is 6.07 Å². The first-order valence-electron chi connectivity index (χ1n) is 11.7. The zero-order valence-electron chi connectivity index (χ0n) is 19.7. The number of fused-ring (bicyclic) bond motifs is 1. The van der Waals surface area contributed by atoms with Crippen molar-refractivity contribution in [2.75, 3.05) is 26.8 Å². The van der Waals surface area contributed by atoms with E-state index in [9.17, 15) is 19.7 Å². The molecular formula is C25H30N2O7. The van der Waals surface area contributed by atoms with Crippen molar-refractivity contribution in [3.8, 4) is 11.5 Å². The number of carbonyl (C=O) groups is 2. The summed E-state index contributed by atoms with van der Waals surface area (Å²) in [6.45, 7) is 4.77. The Morgan fingerprint density at radius 1 is 1.24 bits per heavy atom. The number of amides is 1. The van der Waals surface area contributed by atoms with Crippen LogP contribution in [-0.4, -0.2) is 54.0 Å². The topological polar surface area (TPSA) is 108 Å². The summed E-state index contributed by atoms with van der Waals surface area (Å²) in [6, 6.07) is 5.19. The van der Waals surface area contributed by atoms with Crippen LogP contribution in [0.2, 0.25) is 0 Å². The van der Waals surface area contributed by atoms with Crippen LogP contribution in [0.15, 0.2) is 41.7 Å². The minimum atomic E-state index is -1.12. The summed E-state index contributed by atoms with van der Waals surface area (Å²) >= 11 is 0. The van der Waals surface area contributed by atoms with E-state index >= 15 is 0 Å². The Morgan fingerprint density at radius 3 is 2.62 bits per heavy atom. The molecule has 2 saturated carbocycles. The van der Waals surface area contributed by atoms with Crippen molar-refractivity contribution in [3.63, 3.8) is 0 Å². The molecule has 0 bridgehead atoms. The van der Waals surface area contributed by atoms with Gasteiger partial charge in [-0.25, -0.2) is 0 Å². The molecule has 0 aromatic heterocycles. The molecule has 3 aliphatic carbocycles. The van der Waals surface area contributed by atoms with Crippen LogP contribution in [0.1, 0.15) is 38.7 Å². The largest absolute Gasteiger partial charge is 0.493 e. The quantitative estimate of drug-likeness (QED) is 0.277. The van der Waals surface area contributed by atoms with Crippen LogP contribution in [-0.2, 0) is 20.7 Å². The molecule has 1 aromatic carbocycles. The zero-order valence-corrected chi connectivity index (χ0v) is 19.7. The number of nitrogens with zero attached hydrogens (tertiary/aromatic N) is 2. The molecule has 0 spiro atoms. The van der Waals surface area contributed by atoms with E-state index in [0.29, 0.717) is 42.4 Å². The fourth-order valence-electron chi connectivity index (χ4n) is 4.47. The number of esters is 1. The van der Waals surface area contributed by atoms with E-state index in [1.54, 1.807) is 42.2 Å². The summed E-state index contributed by atoms with van der Waals surface area (Å²) in [6.07, 6.45) is 5.48. The number of carbonyl (C=O) groups excluding carboxylic acids is 2. The Labute approximate surface area is 198 Å². The van der Waals surface area contributed by atoms with Gasteiger partial charge in [0.15, 0.2) is 11.5 Å². The Hall–Kier alpha value is -3.36. The fourth-order valence-corrected chi connectivity index (χ4v) is 4.47. The lowest BCUT2D eigenvalue weighted by atomic mass is 9.98. The van der Waals surface area contributed by atoms with Crippen LogP contribution < -0.4 is 9.47 Å². The number of hydrogen-bond acceptors (Lipinski definition) is 7. The molecule has 182 valence electrons. The molecule has 2 fully saturated rings. The zero-order chi connectivity index (χ0) is 24.5. The molecule has 3 aliphatic rings. The van der Waals surface area contributed by atoms with Crippen molar-refractivity contribution in [1.29, 1.82) is 0 Å². The van der Waals surface area contributed by atoms with Crippen molar-refractivity contribution in [3.05, 3.63) is 57.4 Å². The highest BCUT2D eigenvalue weighted by molar-refractivity contribution is 5.81. The lowest BCUT2D eigenvalue weighted by molar-refractivity contribution is -0.527. The van der Waals surface area contributed by atoms with E-state index < -0.39 is 5.54 Å². The minimum Gasteiger partial charge on any atom is -0.493 e. The van der Waals surface area contributed by atoms with E-state index in [4.69, 9.17) is 14.2 Å². The summed E-state index contributed by atoms with van der Waals surface area (Å²) in [5.74, 6) is 0.824. The normalized spacial score (nSPS) is 22.6. The van der Waals surface area contributed by atoms with Gasteiger partial charge in [0.2, 0.25) is 11.4 Å². The van der Waals surface area contributed by atoms with E-state index in [2.05, 4.69) is 0 Å². The average molecular weight is 471 g/mol. The van der Waals surface area contributed by atoms with E-state index in [0.717, 1.165) is 18.4 Å². The third kappa shape index (κ3) is 4.64. The highest BCUT2D eigenvalue weighted by Gasteiger charge is 2.67. The SMILES string of the molecule is CCOC(=O)Cc1ccc(OC)c(OC2=C(CN(CC)C(=O)C3CC3)C3CC3([N+](=O)[O-])C=C2)c1.